The first-order valence-electron chi connectivity index (χ1n) is 5.09. The van der Waals surface area contributed by atoms with Crippen molar-refractivity contribution in [3.05, 3.63) is 24.3 Å². The number of hydrogen-bond donors (Lipinski definition) is 1. The van der Waals surface area contributed by atoms with Crippen LogP contribution in [0.3, 0.4) is 0 Å². The fourth-order valence-corrected chi connectivity index (χ4v) is 1.87. The predicted molar refractivity (Wildman–Crippen MR) is 61.5 cm³/mol. The van der Waals surface area contributed by atoms with Gasteiger partial charge in [0.1, 0.15) is 0 Å². The van der Waals surface area contributed by atoms with Crippen LogP contribution < -0.4 is 5.32 Å². The molecule has 1 atom stereocenters. The Bertz CT molecular complexity index is 366. The van der Waals surface area contributed by atoms with E-state index >= 15 is 0 Å². The van der Waals surface area contributed by atoms with E-state index in [0.717, 1.165) is 11.4 Å². The first kappa shape index (κ1) is 9.25. The van der Waals surface area contributed by atoms with Gasteiger partial charge in [-0.05, 0) is 25.0 Å². The number of rotatable bonds is 1. The van der Waals surface area contributed by atoms with Gasteiger partial charge in [0.2, 0.25) is 0 Å². The Morgan fingerprint density at radius 3 is 2.71 bits per heavy atom. The third-order valence-corrected chi connectivity index (χ3v) is 2.63. The van der Waals surface area contributed by atoms with E-state index in [1.54, 1.807) is 0 Å². The number of nitrogens with one attached hydrogen (secondary N) is 1. The maximum atomic E-state index is 4.60. The Morgan fingerprint density at radius 2 is 2.00 bits per heavy atom. The van der Waals surface area contributed by atoms with Crippen LogP contribution in [0.1, 0.15) is 20.8 Å². The van der Waals surface area contributed by atoms with Gasteiger partial charge >= 0.3 is 0 Å². The molecule has 0 radical (unpaired) electrons. The Morgan fingerprint density at radius 1 is 1.29 bits per heavy atom. The van der Waals surface area contributed by atoms with Crippen molar-refractivity contribution in [1.82, 2.24) is 0 Å². The van der Waals surface area contributed by atoms with Crippen LogP contribution in [0.25, 0.3) is 0 Å². The van der Waals surface area contributed by atoms with Crippen LogP contribution in [0, 0.1) is 5.92 Å². The van der Waals surface area contributed by atoms with Gasteiger partial charge in [-0.25, -0.2) is 0 Å². The van der Waals surface area contributed by atoms with Crippen LogP contribution >= 0.6 is 0 Å². The fourth-order valence-electron chi connectivity index (χ4n) is 1.87. The lowest BCUT2D eigenvalue weighted by Crippen LogP contribution is -2.34. The Labute approximate surface area is 85.1 Å². The second-order valence-electron chi connectivity index (χ2n) is 4.14. The molecule has 1 aromatic carbocycles. The number of anilines is 1. The van der Waals surface area contributed by atoms with Gasteiger partial charge < -0.3 is 5.32 Å². The van der Waals surface area contributed by atoms with Crippen LogP contribution in [0.5, 0.6) is 0 Å². The topological polar surface area (TPSA) is 24.4 Å². The van der Waals surface area contributed by atoms with Crippen molar-refractivity contribution < 1.29 is 0 Å². The second kappa shape index (κ2) is 3.45. The van der Waals surface area contributed by atoms with E-state index in [4.69, 9.17) is 0 Å². The number of aliphatic imine (C=N–C) groups is 1. The van der Waals surface area contributed by atoms with Gasteiger partial charge in [0.25, 0.3) is 0 Å². The molecule has 0 unspecified atom stereocenters. The summed E-state index contributed by atoms with van der Waals surface area (Å²) in [6.07, 6.45) is 0. The molecular weight excluding hydrogens is 172 g/mol. The van der Waals surface area contributed by atoms with Crippen molar-refractivity contribution in [2.24, 2.45) is 10.9 Å². The van der Waals surface area contributed by atoms with Crippen LogP contribution in [0.2, 0.25) is 0 Å². The highest BCUT2D eigenvalue weighted by Gasteiger charge is 2.21. The molecule has 1 N–H and O–H groups in total. The molecule has 74 valence electrons. The minimum absolute atomic E-state index is 0.380. The molecule has 1 aliphatic rings. The summed E-state index contributed by atoms with van der Waals surface area (Å²) in [5.41, 5.74) is 3.39. The molecular formula is C12H16N2. The standard InChI is InChI=1S/C12H16N2/c1-8(2)12-9(3)13-10-6-4-5-7-11(10)14-12/h4-8,12,14H,1-3H3/t12-/m0/s1. The molecule has 2 nitrogen and oxygen atoms in total. The third kappa shape index (κ3) is 1.52. The maximum absolute atomic E-state index is 4.60. The normalized spacial score (nSPS) is 20.0. The Hall–Kier alpha value is -1.31. The van der Waals surface area contributed by atoms with Crippen LogP contribution in [0.15, 0.2) is 29.3 Å². The summed E-state index contributed by atoms with van der Waals surface area (Å²) < 4.78 is 0. The summed E-state index contributed by atoms with van der Waals surface area (Å²) in [5.74, 6) is 0.576. The maximum Gasteiger partial charge on any atom is 0.0861 e. The quantitative estimate of drug-likeness (QED) is 0.719. The highest BCUT2D eigenvalue weighted by Crippen LogP contribution is 2.30. The minimum Gasteiger partial charge on any atom is -0.375 e. The summed E-state index contributed by atoms with van der Waals surface area (Å²) >= 11 is 0. The molecule has 0 fully saturated rings. The van der Waals surface area contributed by atoms with E-state index in [0.29, 0.717) is 12.0 Å². The van der Waals surface area contributed by atoms with E-state index in [1.165, 1.54) is 5.71 Å². The molecule has 0 amide bonds. The molecule has 0 aliphatic carbocycles. The lowest BCUT2D eigenvalue weighted by Gasteiger charge is -2.28. The van der Waals surface area contributed by atoms with Crippen LogP contribution in [0.4, 0.5) is 11.4 Å². The highest BCUT2D eigenvalue weighted by atomic mass is 15.0. The van der Waals surface area contributed by atoms with Gasteiger partial charge in [0.05, 0.1) is 17.4 Å². The molecule has 2 rings (SSSR count). The van der Waals surface area contributed by atoms with Gasteiger partial charge in [-0.15, -0.1) is 0 Å². The zero-order valence-electron chi connectivity index (χ0n) is 8.91. The zero-order chi connectivity index (χ0) is 10.1. The van der Waals surface area contributed by atoms with Crippen molar-refractivity contribution in [2.75, 3.05) is 5.32 Å². The van der Waals surface area contributed by atoms with Gasteiger partial charge in [0, 0.05) is 5.71 Å². The fraction of sp³-hybridized carbons (Fsp3) is 0.417. The van der Waals surface area contributed by atoms with Crippen molar-refractivity contribution in [2.45, 2.75) is 26.8 Å². The molecule has 0 bridgehead atoms. The first-order chi connectivity index (χ1) is 6.68. The number of nitrogens with zero attached hydrogens (tertiary/aromatic N) is 1. The molecule has 1 aromatic rings. The molecule has 2 heteroatoms. The summed E-state index contributed by atoms with van der Waals surface area (Å²) in [7, 11) is 0. The Balaban J connectivity index is 2.38. The van der Waals surface area contributed by atoms with E-state index in [9.17, 15) is 0 Å². The summed E-state index contributed by atoms with van der Waals surface area (Å²) in [5, 5.41) is 3.52. The van der Waals surface area contributed by atoms with Gasteiger partial charge in [0.15, 0.2) is 0 Å². The molecule has 1 aliphatic heterocycles. The monoisotopic (exact) mass is 188 g/mol. The Kier molecular flexibility index (Phi) is 2.28. The summed E-state index contributed by atoms with van der Waals surface area (Å²) in [6, 6.07) is 8.57. The van der Waals surface area contributed by atoms with Gasteiger partial charge in [-0.3, -0.25) is 4.99 Å². The van der Waals surface area contributed by atoms with Crippen molar-refractivity contribution in [3.8, 4) is 0 Å². The summed E-state index contributed by atoms with van der Waals surface area (Å²) in [6.45, 7) is 6.52. The SMILES string of the molecule is CC1=Nc2ccccc2N[C@H]1C(C)C. The van der Waals surface area contributed by atoms with E-state index < -0.39 is 0 Å². The minimum atomic E-state index is 0.380. The zero-order valence-corrected chi connectivity index (χ0v) is 8.91. The smallest absolute Gasteiger partial charge is 0.0861 e. The molecule has 0 saturated carbocycles. The number of benzene rings is 1. The predicted octanol–water partition coefficient (Wildman–Crippen LogP) is 3.23. The van der Waals surface area contributed by atoms with E-state index in [1.807, 2.05) is 18.2 Å². The largest absolute Gasteiger partial charge is 0.375 e. The first-order valence-corrected chi connectivity index (χ1v) is 5.09. The molecule has 14 heavy (non-hydrogen) atoms. The van der Waals surface area contributed by atoms with E-state index in [2.05, 4.69) is 37.1 Å². The molecule has 0 spiro atoms. The van der Waals surface area contributed by atoms with Gasteiger partial charge in [-0.2, -0.15) is 0 Å². The number of fused-ring (bicyclic) bond motifs is 1. The van der Waals surface area contributed by atoms with Gasteiger partial charge in [-0.1, -0.05) is 26.0 Å². The molecule has 1 heterocycles. The van der Waals surface area contributed by atoms with Crippen LogP contribution in [-0.4, -0.2) is 11.8 Å². The third-order valence-electron chi connectivity index (χ3n) is 2.63. The summed E-state index contributed by atoms with van der Waals surface area (Å²) in [4.78, 5) is 4.60. The van der Waals surface area contributed by atoms with Crippen molar-refractivity contribution >= 4 is 17.1 Å². The average Bonchev–Trinajstić information content (AvgIpc) is 2.16. The second-order valence-corrected chi connectivity index (χ2v) is 4.14. The van der Waals surface area contributed by atoms with Crippen molar-refractivity contribution in [1.29, 1.82) is 0 Å². The van der Waals surface area contributed by atoms with Crippen molar-refractivity contribution in [3.63, 3.8) is 0 Å². The lowest BCUT2D eigenvalue weighted by molar-refractivity contribution is 0.619. The van der Waals surface area contributed by atoms with Crippen LogP contribution in [-0.2, 0) is 0 Å². The van der Waals surface area contributed by atoms with E-state index in [-0.39, 0.29) is 0 Å². The number of hydrogen-bond acceptors (Lipinski definition) is 2. The average molecular weight is 188 g/mol. The highest BCUT2D eigenvalue weighted by molar-refractivity contribution is 5.96. The lowest BCUT2D eigenvalue weighted by atomic mass is 9.98. The molecule has 0 saturated heterocycles. The molecule has 0 aromatic heterocycles. The number of para-hydroxylation sites is 2.